The maximum atomic E-state index is 10.6. The van der Waals surface area contributed by atoms with E-state index in [0.29, 0.717) is 12.3 Å². The smallest absolute Gasteiger partial charge is 0.303 e. The molecule has 0 saturated carbocycles. The van der Waals surface area contributed by atoms with Gasteiger partial charge in [-0.05, 0) is 31.7 Å². The number of carboxylic acids is 1. The molecule has 1 atom stereocenters. The maximum absolute atomic E-state index is 10.6. The molecular formula is C12H20N4O2. The number of aliphatic carboxylic acids is 1. The van der Waals surface area contributed by atoms with Gasteiger partial charge in [0.25, 0.3) is 0 Å². The van der Waals surface area contributed by atoms with E-state index in [1.54, 1.807) is 12.7 Å². The molecule has 1 aliphatic heterocycles. The summed E-state index contributed by atoms with van der Waals surface area (Å²) in [5.74, 6) is -0.146. The lowest BCUT2D eigenvalue weighted by molar-refractivity contribution is -0.137. The Morgan fingerprint density at radius 2 is 2.11 bits per heavy atom. The van der Waals surface area contributed by atoms with Gasteiger partial charge in [-0.1, -0.05) is 0 Å². The fraction of sp³-hybridized carbons (Fsp3) is 0.750. The molecule has 0 aliphatic carbocycles. The van der Waals surface area contributed by atoms with Gasteiger partial charge in [-0.25, -0.2) is 0 Å². The zero-order valence-electron chi connectivity index (χ0n) is 10.5. The third-order valence-corrected chi connectivity index (χ3v) is 3.51. The van der Waals surface area contributed by atoms with Gasteiger partial charge in [0.05, 0.1) is 0 Å². The average Bonchev–Trinajstić information content (AvgIpc) is 2.87. The molecule has 1 aromatic heterocycles. The van der Waals surface area contributed by atoms with Crippen molar-refractivity contribution in [2.45, 2.75) is 32.2 Å². The number of piperidine rings is 1. The van der Waals surface area contributed by atoms with E-state index in [9.17, 15) is 4.79 Å². The maximum Gasteiger partial charge on any atom is 0.303 e. The highest BCUT2D eigenvalue weighted by Crippen LogP contribution is 2.20. The number of hydrogen-bond donors (Lipinski definition) is 1. The van der Waals surface area contributed by atoms with Crippen LogP contribution in [0.2, 0.25) is 0 Å². The first kappa shape index (κ1) is 13.0. The molecule has 0 radical (unpaired) electrons. The van der Waals surface area contributed by atoms with Crippen molar-refractivity contribution >= 4 is 5.97 Å². The van der Waals surface area contributed by atoms with Gasteiger partial charge in [-0.3, -0.25) is 4.79 Å². The quantitative estimate of drug-likeness (QED) is 0.813. The predicted molar refractivity (Wildman–Crippen MR) is 66.1 cm³/mol. The topological polar surface area (TPSA) is 71.2 Å². The molecule has 0 aromatic carbocycles. The molecule has 100 valence electrons. The molecule has 1 unspecified atom stereocenters. The van der Waals surface area contributed by atoms with Crippen molar-refractivity contribution in [1.82, 2.24) is 19.7 Å². The molecule has 0 amide bonds. The standard InChI is InChI=1S/C12H20N4O2/c17-12(18)4-3-11-2-1-5-15(8-11)6-7-16-9-13-14-10-16/h9-11H,1-8H2,(H,17,18). The van der Waals surface area contributed by atoms with Gasteiger partial charge in [0.1, 0.15) is 12.7 Å². The highest BCUT2D eigenvalue weighted by atomic mass is 16.4. The van der Waals surface area contributed by atoms with Gasteiger partial charge in [-0.15, -0.1) is 10.2 Å². The van der Waals surface area contributed by atoms with E-state index >= 15 is 0 Å². The van der Waals surface area contributed by atoms with Gasteiger partial charge in [0.15, 0.2) is 0 Å². The van der Waals surface area contributed by atoms with E-state index in [1.807, 2.05) is 4.57 Å². The molecule has 1 saturated heterocycles. The summed E-state index contributed by atoms with van der Waals surface area (Å²) in [5, 5.41) is 16.3. The lowest BCUT2D eigenvalue weighted by atomic mass is 9.93. The third kappa shape index (κ3) is 4.10. The van der Waals surface area contributed by atoms with E-state index in [-0.39, 0.29) is 0 Å². The lowest BCUT2D eigenvalue weighted by Gasteiger charge is -2.32. The van der Waals surface area contributed by atoms with Gasteiger partial charge in [0.2, 0.25) is 0 Å². The van der Waals surface area contributed by atoms with Crippen LogP contribution in [-0.2, 0) is 11.3 Å². The Morgan fingerprint density at radius 3 is 2.83 bits per heavy atom. The Morgan fingerprint density at radius 1 is 1.33 bits per heavy atom. The van der Waals surface area contributed by atoms with E-state index in [4.69, 9.17) is 5.11 Å². The van der Waals surface area contributed by atoms with Gasteiger partial charge in [0, 0.05) is 26.1 Å². The van der Waals surface area contributed by atoms with Crippen LogP contribution in [0.5, 0.6) is 0 Å². The monoisotopic (exact) mass is 252 g/mol. The number of carbonyl (C=O) groups is 1. The van der Waals surface area contributed by atoms with E-state index in [0.717, 1.165) is 39.0 Å². The molecule has 2 heterocycles. The van der Waals surface area contributed by atoms with Gasteiger partial charge < -0.3 is 14.6 Å². The summed E-state index contributed by atoms with van der Waals surface area (Å²) in [5.41, 5.74) is 0. The molecule has 0 bridgehead atoms. The van der Waals surface area contributed by atoms with Crippen LogP contribution in [0.1, 0.15) is 25.7 Å². The number of carboxylic acid groups (broad SMARTS) is 1. The number of likely N-dealkylation sites (tertiary alicyclic amines) is 1. The van der Waals surface area contributed by atoms with Gasteiger partial charge >= 0.3 is 5.97 Å². The summed E-state index contributed by atoms with van der Waals surface area (Å²) in [4.78, 5) is 13.0. The van der Waals surface area contributed by atoms with Crippen molar-refractivity contribution in [1.29, 1.82) is 0 Å². The molecule has 6 nitrogen and oxygen atoms in total. The Bertz CT molecular complexity index is 366. The van der Waals surface area contributed by atoms with E-state index < -0.39 is 5.97 Å². The summed E-state index contributed by atoms with van der Waals surface area (Å²) in [7, 11) is 0. The van der Waals surface area contributed by atoms with Crippen molar-refractivity contribution < 1.29 is 9.90 Å². The van der Waals surface area contributed by atoms with Crippen molar-refractivity contribution in [3.05, 3.63) is 12.7 Å². The zero-order valence-corrected chi connectivity index (χ0v) is 10.5. The first-order valence-corrected chi connectivity index (χ1v) is 6.50. The molecule has 1 aromatic rings. The Labute approximate surface area is 107 Å². The van der Waals surface area contributed by atoms with Crippen molar-refractivity contribution in [3.8, 4) is 0 Å². The fourth-order valence-corrected chi connectivity index (χ4v) is 2.51. The lowest BCUT2D eigenvalue weighted by Crippen LogP contribution is -2.37. The second kappa shape index (κ2) is 6.49. The SMILES string of the molecule is O=C(O)CCC1CCCN(CCn2cnnc2)C1. The first-order chi connectivity index (χ1) is 8.74. The second-order valence-electron chi connectivity index (χ2n) is 4.94. The van der Waals surface area contributed by atoms with Crippen LogP contribution in [0.3, 0.4) is 0 Å². The average molecular weight is 252 g/mol. The highest BCUT2D eigenvalue weighted by Gasteiger charge is 2.20. The van der Waals surface area contributed by atoms with Crippen molar-refractivity contribution in [2.75, 3.05) is 19.6 Å². The van der Waals surface area contributed by atoms with Crippen LogP contribution in [0.4, 0.5) is 0 Å². The van der Waals surface area contributed by atoms with Crippen LogP contribution in [0.25, 0.3) is 0 Å². The molecule has 2 rings (SSSR count). The van der Waals surface area contributed by atoms with Crippen molar-refractivity contribution in [3.63, 3.8) is 0 Å². The summed E-state index contributed by atoms with van der Waals surface area (Å²) >= 11 is 0. The normalized spacial score (nSPS) is 21.0. The molecule has 1 N–H and O–H groups in total. The van der Waals surface area contributed by atoms with Gasteiger partial charge in [-0.2, -0.15) is 0 Å². The summed E-state index contributed by atoms with van der Waals surface area (Å²) < 4.78 is 1.97. The Balaban J connectivity index is 1.71. The minimum absolute atomic E-state index is 0.296. The van der Waals surface area contributed by atoms with Crippen LogP contribution in [0, 0.1) is 5.92 Å². The molecule has 1 fully saturated rings. The van der Waals surface area contributed by atoms with E-state index in [2.05, 4.69) is 15.1 Å². The Kier molecular flexibility index (Phi) is 4.69. The molecular weight excluding hydrogens is 232 g/mol. The first-order valence-electron chi connectivity index (χ1n) is 6.50. The summed E-state index contributed by atoms with van der Waals surface area (Å²) in [6.07, 6.45) is 6.89. The number of hydrogen-bond acceptors (Lipinski definition) is 4. The number of rotatable bonds is 6. The highest BCUT2D eigenvalue weighted by molar-refractivity contribution is 5.66. The zero-order chi connectivity index (χ0) is 12.8. The number of nitrogens with zero attached hydrogens (tertiary/aromatic N) is 4. The minimum atomic E-state index is -0.684. The van der Waals surface area contributed by atoms with Crippen LogP contribution in [-0.4, -0.2) is 50.4 Å². The largest absolute Gasteiger partial charge is 0.481 e. The van der Waals surface area contributed by atoms with Crippen molar-refractivity contribution in [2.24, 2.45) is 5.92 Å². The predicted octanol–water partition coefficient (Wildman–Crippen LogP) is 0.855. The molecule has 18 heavy (non-hydrogen) atoms. The third-order valence-electron chi connectivity index (χ3n) is 3.51. The molecule has 0 spiro atoms. The summed E-state index contributed by atoms with van der Waals surface area (Å²) in [6.45, 7) is 4.03. The summed E-state index contributed by atoms with van der Waals surface area (Å²) in [6, 6.07) is 0. The van der Waals surface area contributed by atoms with Crippen LogP contribution < -0.4 is 0 Å². The van der Waals surface area contributed by atoms with E-state index in [1.165, 1.54) is 6.42 Å². The minimum Gasteiger partial charge on any atom is -0.481 e. The molecule has 6 heteroatoms. The second-order valence-corrected chi connectivity index (χ2v) is 4.94. The van der Waals surface area contributed by atoms with Crippen LogP contribution in [0.15, 0.2) is 12.7 Å². The fourth-order valence-electron chi connectivity index (χ4n) is 2.51. The Hall–Kier alpha value is -1.43. The number of aromatic nitrogens is 3. The van der Waals surface area contributed by atoms with Crippen LogP contribution >= 0.6 is 0 Å². The molecule has 1 aliphatic rings.